The van der Waals surface area contributed by atoms with E-state index in [2.05, 4.69) is 0 Å². The topological polar surface area (TPSA) is 46.6 Å². The number of hydrogen-bond acceptors (Lipinski definition) is 3. The lowest BCUT2D eigenvalue weighted by Gasteiger charge is -2.45. The van der Waals surface area contributed by atoms with E-state index in [1.165, 1.54) is 7.11 Å². The first-order valence-electron chi connectivity index (χ1n) is 3.64. The molecule has 0 unspecified atom stereocenters. The Morgan fingerprint density at radius 1 is 1.46 bits per heavy atom. The highest BCUT2D eigenvalue weighted by Gasteiger charge is 2.48. The summed E-state index contributed by atoms with van der Waals surface area (Å²) < 4.78 is 51.3. The highest BCUT2D eigenvalue weighted by Crippen LogP contribution is 2.28. The van der Waals surface area contributed by atoms with Gasteiger partial charge in [-0.15, -0.1) is 0 Å². The number of halogens is 2. The van der Waals surface area contributed by atoms with Crippen LogP contribution in [0.25, 0.3) is 0 Å². The van der Waals surface area contributed by atoms with Gasteiger partial charge in [-0.1, -0.05) is 0 Å². The Labute approximate surface area is 75.5 Å². The summed E-state index contributed by atoms with van der Waals surface area (Å²) in [6, 6.07) is 0. The van der Waals surface area contributed by atoms with Gasteiger partial charge in [0.05, 0.1) is 5.60 Å². The van der Waals surface area contributed by atoms with Crippen LogP contribution in [0.5, 0.6) is 0 Å². The van der Waals surface area contributed by atoms with Gasteiger partial charge in [0.1, 0.15) is 0 Å². The van der Waals surface area contributed by atoms with Crippen LogP contribution in [-0.4, -0.2) is 44.3 Å². The first kappa shape index (κ1) is 10.8. The van der Waals surface area contributed by atoms with Crippen molar-refractivity contribution in [1.82, 2.24) is 4.31 Å². The van der Waals surface area contributed by atoms with E-state index in [-0.39, 0.29) is 13.1 Å². The van der Waals surface area contributed by atoms with E-state index in [4.69, 9.17) is 4.74 Å². The third-order valence-electron chi connectivity index (χ3n) is 2.10. The third kappa shape index (κ3) is 1.82. The van der Waals surface area contributed by atoms with Gasteiger partial charge in [-0.25, -0.2) is 8.42 Å². The SMILES string of the molecule is COC1(C)CN(S(=O)(=O)C(F)F)C1. The van der Waals surface area contributed by atoms with Crippen molar-refractivity contribution in [1.29, 1.82) is 0 Å². The molecule has 7 heteroatoms. The average molecular weight is 215 g/mol. The van der Waals surface area contributed by atoms with Crippen LogP contribution in [0.15, 0.2) is 0 Å². The van der Waals surface area contributed by atoms with Gasteiger partial charge in [0, 0.05) is 20.2 Å². The summed E-state index contributed by atoms with van der Waals surface area (Å²) in [5.74, 6) is -3.34. The molecule has 0 saturated carbocycles. The molecule has 0 bridgehead atoms. The predicted octanol–water partition coefficient (Wildman–Crippen LogP) is 0.260. The molecule has 0 atom stereocenters. The van der Waals surface area contributed by atoms with Crippen LogP contribution in [0, 0.1) is 0 Å². The fourth-order valence-corrected chi connectivity index (χ4v) is 2.25. The normalized spacial score (nSPS) is 23.2. The summed E-state index contributed by atoms with van der Waals surface area (Å²) in [4.78, 5) is 0. The van der Waals surface area contributed by atoms with Gasteiger partial charge in [-0.2, -0.15) is 13.1 Å². The van der Waals surface area contributed by atoms with Gasteiger partial charge in [0.2, 0.25) is 0 Å². The molecule has 78 valence electrons. The molecule has 1 heterocycles. The van der Waals surface area contributed by atoms with Crippen molar-refractivity contribution in [2.75, 3.05) is 20.2 Å². The minimum Gasteiger partial charge on any atom is -0.376 e. The smallest absolute Gasteiger partial charge is 0.350 e. The molecular weight excluding hydrogens is 204 g/mol. The maximum absolute atomic E-state index is 12.0. The summed E-state index contributed by atoms with van der Waals surface area (Å²) in [5.41, 5.74) is -0.609. The molecule has 1 fully saturated rings. The number of hydrogen-bond donors (Lipinski definition) is 0. The van der Waals surface area contributed by atoms with Crippen molar-refractivity contribution in [2.45, 2.75) is 18.3 Å². The van der Waals surface area contributed by atoms with E-state index in [0.717, 1.165) is 4.31 Å². The lowest BCUT2D eigenvalue weighted by Crippen LogP contribution is -2.63. The average Bonchev–Trinajstić information content (AvgIpc) is 1.98. The Kier molecular flexibility index (Phi) is 2.61. The van der Waals surface area contributed by atoms with Crippen molar-refractivity contribution < 1.29 is 21.9 Å². The lowest BCUT2D eigenvalue weighted by molar-refractivity contribution is -0.0785. The van der Waals surface area contributed by atoms with Gasteiger partial charge in [0.25, 0.3) is 10.0 Å². The van der Waals surface area contributed by atoms with Crippen molar-refractivity contribution >= 4 is 10.0 Å². The van der Waals surface area contributed by atoms with Crippen molar-refractivity contribution in [3.63, 3.8) is 0 Å². The largest absolute Gasteiger partial charge is 0.376 e. The zero-order chi connectivity index (χ0) is 10.3. The molecule has 0 spiro atoms. The number of rotatable bonds is 3. The molecule has 0 amide bonds. The minimum absolute atomic E-state index is 0.00380. The van der Waals surface area contributed by atoms with Gasteiger partial charge < -0.3 is 4.74 Å². The van der Waals surface area contributed by atoms with Crippen molar-refractivity contribution in [3.8, 4) is 0 Å². The van der Waals surface area contributed by atoms with Crippen molar-refractivity contribution in [3.05, 3.63) is 0 Å². The second-order valence-corrected chi connectivity index (χ2v) is 5.13. The molecule has 1 saturated heterocycles. The second-order valence-electron chi connectivity index (χ2n) is 3.23. The molecule has 13 heavy (non-hydrogen) atoms. The monoisotopic (exact) mass is 215 g/mol. The van der Waals surface area contributed by atoms with Crippen LogP contribution in [0.4, 0.5) is 8.78 Å². The summed E-state index contributed by atoms with van der Waals surface area (Å²) in [6.07, 6.45) is 0. The number of nitrogens with zero attached hydrogens (tertiary/aromatic N) is 1. The summed E-state index contributed by atoms with van der Waals surface area (Å²) in [5, 5.41) is 0. The van der Waals surface area contributed by atoms with Gasteiger partial charge in [-0.05, 0) is 6.92 Å². The van der Waals surface area contributed by atoms with E-state index in [1.54, 1.807) is 6.92 Å². The molecular formula is C6H11F2NO3S. The van der Waals surface area contributed by atoms with E-state index in [9.17, 15) is 17.2 Å². The minimum atomic E-state index is -4.40. The molecule has 0 N–H and O–H groups in total. The standard InChI is InChI=1S/C6H11F2NO3S/c1-6(12-2)3-9(4-6)13(10,11)5(7)8/h5H,3-4H2,1-2H3. The van der Waals surface area contributed by atoms with E-state index >= 15 is 0 Å². The van der Waals surface area contributed by atoms with Gasteiger partial charge >= 0.3 is 5.76 Å². The quantitative estimate of drug-likeness (QED) is 0.678. The second kappa shape index (κ2) is 3.14. The van der Waals surface area contributed by atoms with Crippen LogP contribution in [0.1, 0.15) is 6.92 Å². The van der Waals surface area contributed by atoms with E-state index in [0.29, 0.717) is 0 Å². The molecule has 0 aromatic heterocycles. The number of ether oxygens (including phenoxy) is 1. The number of methoxy groups -OCH3 is 1. The highest BCUT2D eigenvalue weighted by atomic mass is 32.2. The van der Waals surface area contributed by atoms with Crippen LogP contribution in [0.2, 0.25) is 0 Å². The molecule has 1 aliphatic rings. The summed E-state index contributed by atoms with van der Waals surface area (Å²) >= 11 is 0. The molecule has 4 nitrogen and oxygen atoms in total. The van der Waals surface area contributed by atoms with Gasteiger partial charge in [-0.3, -0.25) is 0 Å². The maximum atomic E-state index is 12.0. The van der Waals surface area contributed by atoms with Crippen LogP contribution in [-0.2, 0) is 14.8 Å². The predicted molar refractivity (Wildman–Crippen MR) is 41.9 cm³/mol. The highest BCUT2D eigenvalue weighted by molar-refractivity contribution is 7.89. The number of sulfonamides is 1. The van der Waals surface area contributed by atoms with E-state index in [1.807, 2.05) is 0 Å². The lowest BCUT2D eigenvalue weighted by atomic mass is 10.0. The molecule has 0 aromatic rings. The van der Waals surface area contributed by atoms with Crippen molar-refractivity contribution in [2.24, 2.45) is 0 Å². The Hall–Kier alpha value is -0.270. The zero-order valence-corrected chi connectivity index (χ0v) is 8.14. The molecule has 0 aliphatic carbocycles. The summed E-state index contributed by atoms with van der Waals surface area (Å²) in [7, 11) is -2.98. The molecule has 0 aromatic carbocycles. The van der Waals surface area contributed by atoms with Gasteiger partial charge in [0.15, 0.2) is 0 Å². The number of alkyl halides is 2. The Morgan fingerprint density at radius 3 is 2.23 bits per heavy atom. The van der Waals surface area contributed by atoms with E-state index < -0.39 is 21.4 Å². The fourth-order valence-electron chi connectivity index (χ4n) is 1.12. The molecule has 1 aliphatic heterocycles. The van der Waals surface area contributed by atoms with Crippen LogP contribution < -0.4 is 0 Å². The maximum Gasteiger partial charge on any atom is 0.350 e. The summed E-state index contributed by atoms with van der Waals surface area (Å²) in [6.45, 7) is 1.66. The Morgan fingerprint density at radius 2 is 1.92 bits per heavy atom. The zero-order valence-electron chi connectivity index (χ0n) is 7.33. The Bertz CT molecular complexity index is 284. The van der Waals surface area contributed by atoms with Crippen LogP contribution in [0.3, 0.4) is 0 Å². The first-order valence-corrected chi connectivity index (χ1v) is 5.14. The fraction of sp³-hybridized carbons (Fsp3) is 1.00. The molecule has 1 rings (SSSR count). The first-order chi connectivity index (χ1) is 5.82. The molecule has 0 radical (unpaired) electrons. The Balaban J connectivity index is 2.63. The third-order valence-corrected chi connectivity index (χ3v) is 3.53. The van der Waals surface area contributed by atoms with Crippen LogP contribution >= 0.6 is 0 Å².